The van der Waals surface area contributed by atoms with Gasteiger partial charge in [-0.2, -0.15) is 0 Å². The number of aromatic nitrogens is 1. The number of nitrogens with one attached hydrogen (secondary N) is 1. The number of para-hydroxylation sites is 1. The van der Waals surface area contributed by atoms with Crippen molar-refractivity contribution in [1.29, 1.82) is 0 Å². The number of ether oxygens (including phenoxy) is 1. The molecule has 1 aliphatic carbocycles. The zero-order valence-corrected chi connectivity index (χ0v) is 21.4. The minimum Gasteiger partial charge on any atom is -0.363 e. The lowest BCUT2D eigenvalue weighted by atomic mass is 9.79. The molecule has 2 fully saturated rings. The van der Waals surface area contributed by atoms with Crippen LogP contribution in [-0.4, -0.2) is 54.6 Å². The van der Waals surface area contributed by atoms with E-state index in [-0.39, 0.29) is 5.91 Å². The van der Waals surface area contributed by atoms with E-state index >= 15 is 0 Å². The van der Waals surface area contributed by atoms with Crippen molar-refractivity contribution in [1.82, 2.24) is 14.8 Å². The average Bonchev–Trinajstić information content (AvgIpc) is 3.16. The standard InChI is InChI=1S/C28H42N4O2/c1-20(2)22-9-11-23(12-10-22)31-15-13-24(14-16-31)32-27-8-6-5-7-25(27)26(17-29-19-34-4)28(32)18-30-21(3)33/h5-8,17,20,22-24H,9-16,18-19H2,1-4H3,(H,30,33). The van der Waals surface area contributed by atoms with Crippen molar-refractivity contribution in [2.75, 3.05) is 26.9 Å². The van der Waals surface area contributed by atoms with E-state index < -0.39 is 0 Å². The van der Waals surface area contributed by atoms with Crippen LogP contribution in [0.25, 0.3) is 10.9 Å². The van der Waals surface area contributed by atoms with Gasteiger partial charge in [-0.05, 0) is 56.4 Å². The summed E-state index contributed by atoms with van der Waals surface area (Å²) < 4.78 is 7.64. The van der Waals surface area contributed by atoms with Crippen LogP contribution in [0.1, 0.15) is 76.6 Å². The highest BCUT2D eigenvalue weighted by Gasteiger charge is 2.31. The van der Waals surface area contributed by atoms with Crippen molar-refractivity contribution in [3.05, 3.63) is 35.5 Å². The zero-order valence-electron chi connectivity index (χ0n) is 21.4. The second kappa shape index (κ2) is 11.5. The maximum Gasteiger partial charge on any atom is 0.217 e. The van der Waals surface area contributed by atoms with Gasteiger partial charge in [-0.25, -0.2) is 0 Å². The van der Waals surface area contributed by atoms with Gasteiger partial charge in [-0.3, -0.25) is 9.79 Å². The van der Waals surface area contributed by atoms with Gasteiger partial charge in [0.25, 0.3) is 0 Å². The van der Waals surface area contributed by atoms with E-state index in [0.29, 0.717) is 19.3 Å². The fourth-order valence-corrected chi connectivity index (χ4v) is 6.14. The number of aliphatic imine (C=N–C) groups is 1. The van der Waals surface area contributed by atoms with Crippen molar-refractivity contribution >= 4 is 23.0 Å². The fourth-order valence-electron chi connectivity index (χ4n) is 6.14. The maximum atomic E-state index is 11.8. The Hall–Kier alpha value is -2.18. The number of hydrogen-bond donors (Lipinski definition) is 1. The van der Waals surface area contributed by atoms with E-state index in [0.717, 1.165) is 55.1 Å². The normalized spacial score (nSPS) is 22.7. The minimum absolute atomic E-state index is 0.0107. The summed E-state index contributed by atoms with van der Waals surface area (Å²) in [5.74, 6) is 1.72. The van der Waals surface area contributed by atoms with Gasteiger partial charge in [-0.1, -0.05) is 32.0 Å². The number of carbonyl (C=O) groups excluding carboxylic acids is 1. The first-order valence-corrected chi connectivity index (χ1v) is 13.1. The van der Waals surface area contributed by atoms with Gasteiger partial charge in [-0.15, -0.1) is 0 Å². The Morgan fingerprint density at radius 1 is 1.12 bits per heavy atom. The molecule has 1 N–H and O–H groups in total. The Bertz CT molecular complexity index is 980. The molecule has 0 bridgehead atoms. The topological polar surface area (TPSA) is 58.9 Å². The highest BCUT2D eigenvalue weighted by atomic mass is 16.5. The SMILES string of the molecule is COCN=Cc1c(CNC(C)=O)n(C2CCN(C3CCC(C(C)C)CC3)CC2)c2ccccc12. The van der Waals surface area contributed by atoms with Gasteiger partial charge in [0, 0.05) is 67.6 Å². The van der Waals surface area contributed by atoms with E-state index in [1.54, 1.807) is 14.0 Å². The molecule has 0 radical (unpaired) electrons. The van der Waals surface area contributed by atoms with Crippen LogP contribution in [0.2, 0.25) is 0 Å². The summed E-state index contributed by atoms with van der Waals surface area (Å²) in [4.78, 5) is 19.0. The Labute approximate surface area is 204 Å². The van der Waals surface area contributed by atoms with E-state index in [4.69, 9.17) is 4.74 Å². The maximum absolute atomic E-state index is 11.8. The molecule has 1 aromatic heterocycles. The molecule has 6 nitrogen and oxygen atoms in total. The molecule has 186 valence electrons. The molecule has 2 aromatic rings. The number of piperidine rings is 1. The molecule has 2 heterocycles. The first-order chi connectivity index (χ1) is 16.5. The number of fused-ring (bicyclic) bond motifs is 1. The third kappa shape index (κ3) is 5.55. The van der Waals surface area contributed by atoms with Crippen molar-refractivity contribution in [2.24, 2.45) is 16.8 Å². The summed E-state index contributed by atoms with van der Waals surface area (Å²) in [6, 6.07) is 9.76. The molecular weight excluding hydrogens is 424 g/mol. The lowest BCUT2D eigenvalue weighted by molar-refractivity contribution is -0.119. The molecule has 1 aliphatic heterocycles. The number of hydrogen-bond acceptors (Lipinski definition) is 4. The first kappa shape index (κ1) is 24.9. The number of nitrogens with zero attached hydrogens (tertiary/aromatic N) is 3. The lowest BCUT2D eigenvalue weighted by Crippen LogP contribution is -2.44. The first-order valence-electron chi connectivity index (χ1n) is 13.1. The van der Waals surface area contributed by atoms with Gasteiger partial charge in [0.05, 0.1) is 6.54 Å². The Kier molecular flexibility index (Phi) is 8.43. The van der Waals surface area contributed by atoms with Crippen molar-refractivity contribution in [3.8, 4) is 0 Å². The van der Waals surface area contributed by atoms with E-state index in [2.05, 4.69) is 57.9 Å². The Balaban J connectivity index is 1.55. The van der Waals surface area contributed by atoms with Crippen molar-refractivity contribution < 1.29 is 9.53 Å². The molecule has 1 saturated carbocycles. The molecule has 1 aromatic carbocycles. The smallest absolute Gasteiger partial charge is 0.217 e. The number of methoxy groups -OCH3 is 1. The van der Waals surface area contributed by atoms with Crippen LogP contribution in [0.5, 0.6) is 0 Å². The summed E-state index contributed by atoms with van der Waals surface area (Å²) in [6.45, 7) is 9.49. The predicted molar refractivity (Wildman–Crippen MR) is 139 cm³/mol. The number of likely N-dealkylation sites (tertiary alicyclic amines) is 1. The van der Waals surface area contributed by atoms with Crippen LogP contribution >= 0.6 is 0 Å². The molecule has 4 rings (SSSR count). The van der Waals surface area contributed by atoms with Gasteiger partial charge < -0.3 is 19.5 Å². The van der Waals surface area contributed by atoms with Gasteiger partial charge in [0.1, 0.15) is 6.73 Å². The average molecular weight is 467 g/mol. The lowest BCUT2D eigenvalue weighted by Gasteiger charge is -2.42. The van der Waals surface area contributed by atoms with Crippen LogP contribution in [0.3, 0.4) is 0 Å². The molecular formula is C28H42N4O2. The molecule has 1 saturated heterocycles. The molecule has 0 unspecified atom stereocenters. The zero-order chi connectivity index (χ0) is 24.1. The predicted octanol–water partition coefficient (Wildman–Crippen LogP) is 5.15. The van der Waals surface area contributed by atoms with E-state index in [9.17, 15) is 4.79 Å². The third-order valence-electron chi connectivity index (χ3n) is 8.05. The van der Waals surface area contributed by atoms with Crippen LogP contribution < -0.4 is 5.32 Å². The summed E-state index contributed by atoms with van der Waals surface area (Å²) >= 11 is 0. The Morgan fingerprint density at radius 2 is 1.82 bits per heavy atom. The second-order valence-electron chi connectivity index (χ2n) is 10.5. The van der Waals surface area contributed by atoms with Crippen LogP contribution in [0.4, 0.5) is 0 Å². The van der Waals surface area contributed by atoms with Gasteiger partial charge >= 0.3 is 0 Å². The number of rotatable bonds is 8. The van der Waals surface area contributed by atoms with Gasteiger partial charge in [0.15, 0.2) is 0 Å². The van der Waals surface area contributed by atoms with Crippen LogP contribution in [-0.2, 0) is 16.1 Å². The molecule has 1 amide bonds. The van der Waals surface area contributed by atoms with Crippen LogP contribution in [0, 0.1) is 11.8 Å². The number of amides is 1. The second-order valence-corrected chi connectivity index (χ2v) is 10.5. The van der Waals surface area contributed by atoms with Crippen LogP contribution in [0.15, 0.2) is 29.3 Å². The summed E-state index contributed by atoms with van der Waals surface area (Å²) in [6.07, 6.45) is 9.68. The highest BCUT2D eigenvalue weighted by molar-refractivity contribution is 6.01. The summed E-state index contributed by atoms with van der Waals surface area (Å²) in [7, 11) is 1.65. The Morgan fingerprint density at radius 3 is 2.47 bits per heavy atom. The minimum atomic E-state index is -0.0107. The molecule has 0 spiro atoms. The number of carbonyl (C=O) groups is 1. The quantitative estimate of drug-likeness (QED) is 0.547. The third-order valence-corrected chi connectivity index (χ3v) is 8.05. The largest absolute Gasteiger partial charge is 0.363 e. The molecule has 34 heavy (non-hydrogen) atoms. The van der Waals surface area contributed by atoms with E-state index in [1.165, 1.54) is 36.6 Å². The van der Waals surface area contributed by atoms with Crippen molar-refractivity contribution in [3.63, 3.8) is 0 Å². The van der Waals surface area contributed by atoms with E-state index in [1.807, 2.05) is 6.21 Å². The number of benzene rings is 1. The molecule has 2 aliphatic rings. The van der Waals surface area contributed by atoms with Gasteiger partial charge in [0.2, 0.25) is 5.91 Å². The van der Waals surface area contributed by atoms with Crippen molar-refractivity contribution in [2.45, 2.75) is 77.9 Å². The summed E-state index contributed by atoms with van der Waals surface area (Å²) in [5, 5.41) is 4.24. The fraction of sp³-hybridized carbons (Fsp3) is 0.643. The molecule has 0 atom stereocenters. The molecule has 6 heteroatoms. The summed E-state index contributed by atoms with van der Waals surface area (Å²) in [5.41, 5.74) is 3.47. The monoisotopic (exact) mass is 466 g/mol. The highest BCUT2D eigenvalue weighted by Crippen LogP contribution is 2.37.